The smallest absolute Gasteiger partial charge is 0.181 e. The Kier molecular flexibility index (Phi) is 2.22. The standard InChI is InChI=1S/C12H11N5/c1-13-9-4-2-8(3-5-9)11-16-10-6-14-7-15-12(10)17-11/h2-7,13H,1H3,(H,14,15,16,17). The summed E-state index contributed by atoms with van der Waals surface area (Å²) in [5, 5.41) is 3.08. The lowest BCUT2D eigenvalue weighted by Gasteiger charge is -2.00. The lowest BCUT2D eigenvalue weighted by molar-refractivity contribution is 1.20. The zero-order valence-corrected chi connectivity index (χ0v) is 9.31. The summed E-state index contributed by atoms with van der Waals surface area (Å²) in [6, 6.07) is 8.04. The number of aromatic amines is 1. The molecule has 0 saturated heterocycles. The van der Waals surface area contributed by atoms with Crippen molar-refractivity contribution < 1.29 is 0 Å². The average Bonchev–Trinajstić information content (AvgIpc) is 2.82. The molecule has 5 heteroatoms. The Balaban J connectivity index is 2.07. The van der Waals surface area contributed by atoms with Gasteiger partial charge in [0.05, 0.1) is 6.20 Å². The number of nitrogens with one attached hydrogen (secondary N) is 2. The molecule has 0 aliphatic carbocycles. The normalized spacial score (nSPS) is 10.6. The van der Waals surface area contributed by atoms with Gasteiger partial charge >= 0.3 is 0 Å². The number of hydrogen-bond donors (Lipinski definition) is 2. The second-order valence-corrected chi connectivity index (χ2v) is 3.67. The fraction of sp³-hybridized carbons (Fsp3) is 0.0833. The van der Waals surface area contributed by atoms with Gasteiger partial charge in [-0.25, -0.2) is 15.0 Å². The van der Waals surface area contributed by atoms with Gasteiger partial charge in [0.15, 0.2) is 5.65 Å². The third-order valence-electron chi connectivity index (χ3n) is 2.61. The zero-order valence-electron chi connectivity index (χ0n) is 9.31. The Morgan fingerprint density at radius 3 is 2.71 bits per heavy atom. The monoisotopic (exact) mass is 225 g/mol. The molecular weight excluding hydrogens is 214 g/mol. The van der Waals surface area contributed by atoms with E-state index in [1.54, 1.807) is 6.20 Å². The highest BCUT2D eigenvalue weighted by Crippen LogP contribution is 2.20. The summed E-state index contributed by atoms with van der Waals surface area (Å²) in [6.45, 7) is 0. The van der Waals surface area contributed by atoms with E-state index in [4.69, 9.17) is 0 Å². The molecule has 0 unspecified atom stereocenters. The fourth-order valence-corrected chi connectivity index (χ4v) is 1.69. The number of nitrogens with zero attached hydrogens (tertiary/aromatic N) is 3. The maximum atomic E-state index is 4.41. The summed E-state index contributed by atoms with van der Waals surface area (Å²) in [6.07, 6.45) is 3.22. The molecule has 1 aromatic carbocycles. The highest BCUT2D eigenvalue weighted by molar-refractivity contribution is 5.75. The van der Waals surface area contributed by atoms with Gasteiger partial charge in [-0.15, -0.1) is 0 Å². The zero-order chi connectivity index (χ0) is 11.7. The van der Waals surface area contributed by atoms with Gasteiger partial charge in [0, 0.05) is 18.3 Å². The van der Waals surface area contributed by atoms with Crippen molar-refractivity contribution in [3.8, 4) is 11.4 Å². The van der Waals surface area contributed by atoms with Crippen LogP contribution >= 0.6 is 0 Å². The lowest BCUT2D eigenvalue weighted by atomic mass is 10.2. The van der Waals surface area contributed by atoms with Crippen LogP contribution in [0.2, 0.25) is 0 Å². The molecule has 5 nitrogen and oxygen atoms in total. The highest BCUT2D eigenvalue weighted by atomic mass is 15.0. The second-order valence-electron chi connectivity index (χ2n) is 3.67. The Labute approximate surface area is 98.0 Å². The highest BCUT2D eigenvalue weighted by Gasteiger charge is 2.05. The molecule has 0 spiro atoms. The van der Waals surface area contributed by atoms with Gasteiger partial charge in [0.1, 0.15) is 17.7 Å². The van der Waals surface area contributed by atoms with E-state index in [0.29, 0.717) is 5.65 Å². The van der Waals surface area contributed by atoms with Gasteiger partial charge < -0.3 is 10.3 Å². The van der Waals surface area contributed by atoms with Crippen molar-refractivity contribution in [1.29, 1.82) is 0 Å². The third kappa shape index (κ3) is 1.71. The van der Waals surface area contributed by atoms with Crippen molar-refractivity contribution in [2.24, 2.45) is 0 Å². The molecule has 3 rings (SSSR count). The maximum absolute atomic E-state index is 4.41. The number of benzene rings is 1. The average molecular weight is 225 g/mol. The molecule has 0 aliphatic heterocycles. The van der Waals surface area contributed by atoms with E-state index >= 15 is 0 Å². The minimum Gasteiger partial charge on any atom is -0.388 e. The molecule has 17 heavy (non-hydrogen) atoms. The van der Waals surface area contributed by atoms with Crippen LogP contribution < -0.4 is 5.32 Å². The number of H-pyrrole nitrogens is 1. The SMILES string of the molecule is CNc1ccc(-c2nc3ncncc3[nH]2)cc1. The first-order valence-corrected chi connectivity index (χ1v) is 5.31. The number of fused-ring (bicyclic) bond motifs is 1. The molecule has 2 heterocycles. The molecule has 3 aromatic rings. The molecular formula is C12H11N5. The van der Waals surface area contributed by atoms with Crippen molar-refractivity contribution in [2.45, 2.75) is 0 Å². The summed E-state index contributed by atoms with van der Waals surface area (Å²) in [7, 11) is 1.89. The van der Waals surface area contributed by atoms with Crippen LogP contribution in [0.4, 0.5) is 5.69 Å². The molecule has 0 amide bonds. The number of imidazole rings is 1. The summed E-state index contributed by atoms with van der Waals surface area (Å²) in [5.74, 6) is 0.808. The van der Waals surface area contributed by atoms with Crippen LogP contribution in [0.1, 0.15) is 0 Å². The predicted octanol–water partition coefficient (Wildman–Crippen LogP) is 2.06. The van der Waals surface area contributed by atoms with E-state index in [0.717, 1.165) is 22.6 Å². The van der Waals surface area contributed by atoms with Gasteiger partial charge in [-0.1, -0.05) is 0 Å². The Morgan fingerprint density at radius 2 is 2.00 bits per heavy atom. The van der Waals surface area contributed by atoms with Gasteiger partial charge in [-0.3, -0.25) is 0 Å². The van der Waals surface area contributed by atoms with Gasteiger partial charge in [0.25, 0.3) is 0 Å². The molecule has 0 radical (unpaired) electrons. The molecule has 0 aliphatic rings. The number of hydrogen-bond acceptors (Lipinski definition) is 4. The van der Waals surface area contributed by atoms with Gasteiger partial charge in [0.2, 0.25) is 0 Å². The van der Waals surface area contributed by atoms with Gasteiger partial charge in [-0.05, 0) is 24.3 Å². The summed E-state index contributed by atoms with van der Waals surface area (Å²) in [4.78, 5) is 15.7. The van der Waals surface area contributed by atoms with Crippen molar-refractivity contribution in [3.05, 3.63) is 36.8 Å². The fourth-order valence-electron chi connectivity index (χ4n) is 1.69. The summed E-state index contributed by atoms with van der Waals surface area (Å²) >= 11 is 0. The first-order valence-electron chi connectivity index (χ1n) is 5.31. The van der Waals surface area contributed by atoms with Crippen molar-refractivity contribution in [3.63, 3.8) is 0 Å². The predicted molar refractivity (Wildman–Crippen MR) is 66.7 cm³/mol. The topological polar surface area (TPSA) is 66.5 Å². The minimum atomic E-state index is 0.688. The number of aromatic nitrogens is 4. The Hall–Kier alpha value is -2.43. The molecule has 0 atom stereocenters. The molecule has 2 aromatic heterocycles. The molecule has 0 bridgehead atoms. The van der Waals surface area contributed by atoms with Gasteiger partial charge in [-0.2, -0.15) is 0 Å². The van der Waals surface area contributed by atoms with Crippen LogP contribution in [0, 0.1) is 0 Å². The van der Waals surface area contributed by atoms with Crippen LogP contribution in [-0.4, -0.2) is 27.0 Å². The largest absolute Gasteiger partial charge is 0.388 e. The minimum absolute atomic E-state index is 0.688. The number of anilines is 1. The Bertz CT molecular complexity index is 608. The van der Waals surface area contributed by atoms with E-state index in [1.807, 2.05) is 31.3 Å². The maximum Gasteiger partial charge on any atom is 0.181 e. The van der Waals surface area contributed by atoms with Crippen LogP contribution in [0.25, 0.3) is 22.6 Å². The van der Waals surface area contributed by atoms with E-state index in [-0.39, 0.29) is 0 Å². The molecule has 2 N–H and O–H groups in total. The van der Waals surface area contributed by atoms with Crippen LogP contribution in [0.5, 0.6) is 0 Å². The van der Waals surface area contributed by atoms with Crippen molar-refractivity contribution >= 4 is 16.9 Å². The van der Waals surface area contributed by atoms with Crippen molar-refractivity contribution in [2.75, 3.05) is 12.4 Å². The number of rotatable bonds is 2. The first-order chi connectivity index (χ1) is 8.36. The third-order valence-corrected chi connectivity index (χ3v) is 2.61. The van der Waals surface area contributed by atoms with Crippen LogP contribution in [0.15, 0.2) is 36.8 Å². The molecule has 84 valence electrons. The van der Waals surface area contributed by atoms with Crippen LogP contribution in [0.3, 0.4) is 0 Å². The summed E-state index contributed by atoms with van der Waals surface area (Å²) in [5.41, 5.74) is 3.64. The van der Waals surface area contributed by atoms with E-state index in [9.17, 15) is 0 Å². The first kappa shape index (κ1) is 9.77. The molecule has 0 fully saturated rings. The van der Waals surface area contributed by atoms with E-state index in [2.05, 4.69) is 25.3 Å². The Morgan fingerprint density at radius 1 is 1.18 bits per heavy atom. The quantitative estimate of drug-likeness (QED) is 0.700. The second kappa shape index (κ2) is 3.86. The lowest BCUT2D eigenvalue weighted by Crippen LogP contribution is -1.87. The molecule has 0 saturated carbocycles. The van der Waals surface area contributed by atoms with E-state index in [1.165, 1.54) is 6.33 Å². The van der Waals surface area contributed by atoms with Crippen LogP contribution in [-0.2, 0) is 0 Å². The van der Waals surface area contributed by atoms with E-state index < -0.39 is 0 Å². The summed E-state index contributed by atoms with van der Waals surface area (Å²) < 4.78 is 0. The van der Waals surface area contributed by atoms with Crippen molar-refractivity contribution in [1.82, 2.24) is 19.9 Å².